The maximum Gasteiger partial charge on any atom is 0.323 e. The molecule has 6 heteroatoms. The van der Waals surface area contributed by atoms with Crippen LogP contribution in [0, 0.1) is 12.8 Å². The molecule has 1 aromatic carbocycles. The Morgan fingerprint density at radius 3 is 2.77 bits per heavy atom. The third-order valence-electron chi connectivity index (χ3n) is 3.95. The Morgan fingerprint density at radius 1 is 1.41 bits per heavy atom. The van der Waals surface area contributed by atoms with E-state index in [9.17, 15) is 4.79 Å². The van der Waals surface area contributed by atoms with E-state index in [0.29, 0.717) is 11.7 Å². The number of hydrogen-bond donors (Lipinski definition) is 1. The van der Waals surface area contributed by atoms with E-state index in [1.54, 1.807) is 4.68 Å². The zero-order chi connectivity index (χ0) is 15.7. The van der Waals surface area contributed by atoms with Crippen LogP contribution in [-0.2, 0) is 13.5 Å². The van der Waals surface area contributed by atoms with Crippen LogP contribution in [0.3, 0.4) is 0 Å². The number of nitrogens with zero attached hydrogens (tertiary/aromatic N) is 3. The fourth-order valence-corrected chi connectivity index (χ4v) is 3.20. The van der Waals surface area contributed by atoms with Crippen molar-refractivity contribution in [3.05, 3.63) is 46.1 Å². The molecule has 5 nitrogen and oxygen atoms in total. The largest absolute Gasteiger partial charge is 0.324 e. The van der Waals surface area contributed by atoms with Crippen LogP contribution in [0.4, 0.5) is 10.6 Å². The molecule has 0 atom stereocenters. The first-order valence-electron chi connectivity index (χ1n) is 7.32. The first-order valence-corrected chi connectivity index (χ1v) is 8.12. The van der Waals surface area contributed by atoms with Crippen molar-refractivity contribution in [1.29, 1.82) is 0 Å². The summed E-state index contributed by atoms with van der Waals surface area (Å²) in [6, 6.07) is 8.19. The summed E-state index contributed by atoms with van der Waals surface area (Å²) in [6.45, 7) is 3.52. The molecule has 2 amide bonds. The van der Waals surface area contributed by atoms with Gasteiger partial charge in [-0.15, -0.1) is 0 Å². The van der Waals surface area contributed by atoms with Crippen LogP contribution < -0.4 is 5.32 Å². The van der Waals surface area contributed by atoms with Gasteiger partial charge in [0.15, 0.2) is 5.82 Å². The number of urea groups is 1. The molecule has 0 bridgehead atoms. The van der Waals surface area contributed by atoms with Crippen molar-refractivity contribution in [2.75, 3.05) is 18.4 Å². The number of carbonyl (C=O) groups is 1. The van der Waals surface area contributed by atoms with Gasteiger partial charge in [-0.2, -0.15) is 5.10 Å². The van der Waals surface area contributed by atoms with Gasteiger partial charge >= 0.3 is 6.03 Å². The lowest BCUT2D eigenvalue weighted by molar-refractivity contribution is 0.131. The maximum atomic E-state index is 12.2. The molecule has 0 aliphatic carbocycles. The molecule has 0 radical (unpaired) electrons. The summed E-state index contributed by atoms with van der Waals surface area (Å²) in [5, 5.41) is 7.12. The van der Waals surface area contributed by atoms with Gasteiger partial charge in [0.05, 0.1) is 0 Å². The molecule has 1 saturated heterocycles. The van der Waals surface area contributed by atoms with Gasteiger partial charge in [-0.05, 0) is 30.9 Å². The Morgan fingerprint density at radius 2 is 2.14 bits per heavy atom. The third kappa shape index (κ3) is 3.16. The molecule has 1 N–H and O–H groups in total. The molecule has 22 heavy (non-hydrogen) atoms. The summed E-state index contributed by atoms with van der Waals surface area (Å²) in [4.78, 5) is 14.0. The van der Waals surface area contributed by atoms with Gasteiger partial charge in [0.25, 0.3) is 0 Å². The van der Waals surface area contributed by atoms with Crippen LogP contribution in [0.5, 0.6) is 0 Å². The van der Waals surface area contributed by atoms with Crippen LogP contribution in [0.2, 0.25) is 0 Å². The van der Waals surface area contributed by atoms with Gasteiger partial charge in [-0.1, -0.05) is 34.1 Å². The highest BCUT2D eigenvalue weighted by atomic mass is 79.9. The minimum absolute atomic E-state index is 0.0647. The molecule has 2 aromatic rings. The van der Waals surface area contributed by atoms with E-state index < -0.39 is 0 Å². The maximum absolute atomic E-state index is 12.2. The van der Waals surface area contributed by atoms with E-state index in [2.05, 4.69) is 38.5 Å². The van der Waals surface area contributed by atoms with Crippen LogP contribution >= 0.6 is 15.9 Å². The number of likely N-dealkylation sites (tertiary alicyclic amines) is 1. The van der Waals surface area contributed by atoms with Gasteiger partial charge in [0, 0.05) is 36.4 Å². The van der Waals surface area contributed by atoms with Crippen LogP contribution in [-0.4, -0.2) is 33.8 Å². The van der Waals surface area contributed by atoms with Gasteiger partial charge in [-0.3, -0.25) is 10.00 Å². The number of rotatable bonds is 3. The van der Waals surface area contributed by atoms with E-state index in [1.807, 2.05) is 37.2 Å². The van der Waals surface area contributed by atoms with E-state index in [4.69, 9.17) is 0 Å². The number of aryl methyl sites for hydroxylation is 2. The van der Waals surface area contributed by atoms with Crippen molar-refractivity contribution in [2.45, 2.75) is 13.3 Å². The first-order chi connectivity index (χ1) is 10.5. The number of halogens is 1. The minimum atomic E-state index is -0.0647. The smallest absolute Gasteiger partial charge is 0.323 e. The van der Waals surface area contributed by atoms with Crippen molar-refractivity contribution in [3.63, 3.8) is 0 Å². The lowest BCUT2D eigenvalue weighted by Gasteiger charge is -2.39. The van der Waals surface area contributed by atoms with Crippen molar-refractivity contribution >= 4 is 27.8 Å². The van der Waals surface area contributed by atoms with Crippen molar-refractivity contribution in [1.82, 2.24) is 14.7 Å². The van der Waals surface area contributed by atoms with Gasteiger partial charge in [0.2, 0.25) is 0 Å². The highest BCUT2D eigenvalue weighted by Crippen LogP contribution is 2.25. The molecule has 116 valence electrons. The molecule has 1 aliphatic heterocycles. The fraction of sp³-hybridized carbons (Fsp3) is 0.375. The summed E-state index contributed by atoms with van der Waals surface area (Å²) < 4.78 is 2.85. The Kier molecular flexibility index (Phi) is 4.20. The molecule has 0 unspecified atom stereocenters. The summed E-state index contributed by atoms with van der Waals surface area (Å²) >= 11 is 3.57. The summed E-state index contributed by atoms with van der Waals surface area (Å²) in [6.07, 6.45) is 2.88. The van der Waals surface area contributed by atoms with E-state index in [0.717, 1.165) is 29.5 Å². The van der Waals surface area contributed by atoms with Gasteiger partial charge in [-0.25, -0.2) is 4.79 Å². The van der Waals surface area contributed by atoms with Crippen LogP contribution in [0.1, 0.15) is 11.1 Å². The highest BCUT2D eigenvalue weighted by molar-refractivity contribution is 9.10. The van der Waals surface area contributed by atoms with Crippen molar-refractivity contribution in [3.8, 4) is 0 Å². The van der Waals surface area contributed by atoms with Gasteiger partial charge in [0.1, 0.15) is 0 Å². The highest BCUT2D eigenvalue weighted by Gasteiger charge is 2.31. The predicted octanol–water partition coefficient (Wildman–Crippen LogP) is 3.20. The van der Waals surface area contributed by atoms with Crippen molar-refractivity contribution < 1.29 is 4.79 Å². The SMILES string of the molecule is Cc1cn(C)nc1NC(=O)N1CC(Cc2ccccc2Br)C1. The lowest BCUT2D eigenvalue weighted by Crippen LogP contribution is -2.52. The molecular formula is C16H19BrN4O. The quantitative estimate of drug-likeness (QED) is 0.911. The normalized spacial score (nSPS) is 14.8. The number of aromatic nitrogens is 2. The monoisotopic (exact) mass is 362 g/mol. The molecule has 1 aliphatic rings. The average Bonchev–Trinajstić information content (AvgIpc) is 2.73. The van der Waals surface area contributed by atoms with E-state index in [-0.39, 0.29) is 6.03 Å². The van der Waals surface area contributed by atoms with Crippen molar-refractivity contribution in [2.24, 2.45) is 13.0 Å². The number of amides is 2. The number of nitrogens with one attached hydrogen (secondary N) is 1. The van der Waals surface area contributed by atoms with E-state index >= 15 is 0 Å². The second kappa shape index (κ2) is 6.12. The van der Waals surface area contributed by atoms with Gasteiger partial charge < -0.3 is 4.90 Å². The second-order valence-electron chi connectivity index (χ2n) is 5.83. The second-order valence-corrected chi connectivity index (χ2v) is 6.69. The Bertz CT molecular complexity index is 691. The third-order valence-corrected chi connectivity index (χ3v) is 4.72. The molecule has 0 saturated carbocycles. The molecule has 2 heterocycles. The lowest BCUT2D eigenvalue weighted by atomic mass is 9.92. The van der Waals surface area contributed by atoms with Crippen LogP contribution in [0.15, 0.2) is 34.9 Å². The standard InChI is InChI=1S/C16H19BrN4O/c1-11-8-20(2)19-15(11)18-16(22)21-9-12(10-21)7-13-5-3-4-6-14(13)17/h3-6,8,12H,7,9-10H2,1-2H3,(H,18,19,22). The number of hydrogen-bond acceptors (Lipinski definition) is 2. The Balaban J connectivity index is 1.52. The van der Waals surface area contributed by atoms with Crippen LogP contribution in [0.25, 0.3) is 0 Å². The summed E-state index contributed by atoms with van der Waals surface area (Å²) in [5.41, 5.74) is 2.27. The summed E-state index contributed by atoms with van der Waals surface area (Å²) in [5.74, 6) is 1.16. The number of anilines is 1. The Labute approximate surface area is 138 Å². The minimum Gasteiger partial charge on any atom is -0.324 e. The average molecular weight is 363 g/mol. The fourth-order valence-electron chi connectivity index (χ4n) is 2.75. The topological polar surface area (TPSA) is 50.2 Å². The first kappa shape index (κ1) is 15.1. The zero-order valence-corrected chi connectivity index (χ0v) is 14.3. The molecular weight excluding hydrogens is 344 g/mol. The number of benzene rings is 1. The zero-order valence-electron chi connectivity index (χ0n) is 12.7. The Hall–Kier alpha value is -1.82. The molecule has 1 fully saturated rings. The number of carbonyl (C=O) groups excluding carboxylic acids is 1. The molecule has 3 rings (SSSR count). The summed E-state index contributed by atoms with van der Waals surface area (Å²) in [7, 11) is 1.85. The molecule has 0 spiro atoms. The predicted molar refractivity (Wildman–Crippen MR) is 89.9 cm³/mol. The molecule has 1 aromatic heterocycles. The van der Waals surface area contributed by atoms with E-state index in [1.165, 1.54) is 5.56 Å².